The first-order valence-electron chi connectivity index (χ1n) is 10.9. The molecule has 0 radical (unpaired) electrons. The molecule has 7 nitrogen and oxygen atoms in total. The fourth-order valence-electron chi connectivity index (χ4n) is 4.30. The Hall–Kier alpha value is -3.01. The molecule has 11 heteroatoms. The molecule has 1 aromatic carbocycles. The normalized spacial score (nSPS) is 17.3. The number of carbonyl (C=O) groups excluding carboxylic acids is 2. The van der Waals surface area contributed by atoms with Crippen molar-refractivity contribution in [3.05, 3.63) is 41.0 Å². The second kappa shape index (κ2) is 9.69. The maximum Gasteiger partial charge on any atom is 0.417 e. The smallest absolute Gasteiger partial charge is 0.417 e. The highest BCUT2D eigenvalue weighted by Crippen LogP contribution is 2.36. The third-order valence-corrected chi connectivity index (χ3v) is 6.40. The minimum atomic E-state index is -4.51. The first kappa shape index (κ1) is 24.1. The van der Waals surface area contributed by atoms with Crippen molar-refractivity contribution in [3.63, 3.8) is 0 Å². The Bertz CT molecular complexity index is 1090. The Morgan fingerprint density at radius 1 is 1.21 bits per heavy atom. The van der Waals surface area contributed by atoms with E-state index < -0.39 is 11.7 Å². The first-order chi connectivity index (χ1) is 16.2. The number of aromatic nitrogens is 1. The summed E-state index contributed by atoms with van der Waals surface area (Å²) in [7, 11) is 1.51. The number of hydrogen-bond acceptors (Lipinski definition) is 5. The van der Waals surface area contributed by atoms with Crippen LogP contribution >= 0.6 is 11.6 Å². The molecule has 4 rings (SSSR count). The average Bonchev–Trinajstić information content (AvgIpc) is 3.24. The number of nitrogens with zero attached hydrogens (tertiary/aromatic N) is 3. The zero-order valence-electron chi connectivity index (χ0n) is 18.5. The van der Waals surface area contributed by atoms with Gasteiger partial charge < -0.3 is 19.9 Å². The minimum absolute atomic E-state index is 0.0458. The molecule has 34 heavy (non-hydrogen) atoms. The van der Waals surface area contributed by atoms with Crippen LogP contribution in [-0.4, -0.2) is 43.5 Å². The number of anilines is 3. The molecule has 1 N–H and O–H groups in total. The highest BCUT2D eigenvalue weighted by atomic mass is 35.5. The molecule has 182 valence electrons. The molecule has 2 fully saturated rings. The van der Waals surface area contributed by atoms with Gasteiger partial charge in [0.05, 0.1) is 23.4 Å². The molecule has 0 spiro atoms. The second-order valence-corrected chi connectivity index (χ2v) is 8.72. The number of carbonyl (C=O) groups is 2. The van der Waals surface area contributed by atoms with E-state index in [1.54, 1.807) is 28.0 Å². The van der Waals surface area contributed by atoms with Gasteiger partial charge in [-0.25, -0.2) is 4.98 Å². The summed E-state index contributed by atoms with van der Waals surface area (Å²) < 4.78 is 44.0. The molecular weight excluding hydrogens is 473 g/mol. The molecule has 2 aromatic rings. The summed E-state index contributed by atoms with van der Waals surface area (Å²) in [5.74, 6) is 0.411. The van der Waals surface area contributed by atoms with Gasteiger partial charge in [0, 0.05) is 49.9 Å². The number of pyridine rings is 1. The maximum atomic E-state index is 12.8. The van der Waals surface area contributed by atoms with Gasteiger partial charge >= 0.3 is 6.18 Å². The number of rotatable bonds is 5. The lowest BCUT2D eigenvalue weighted by Crippen LogP contribution is -2.38. The molecule has 0 atom stereocenters. The highest BCUT2D eigenvalue weighted by molar-refractivity contribution is 6.33. The lowest BCUT2D eigenvalue weighted by Gasteiger charge is -2.32. The lowest BCUT2D eigenvalue weighted by atomic mass is 9.95. The van der Waals surface area contributed by atoms with Gasteiger partial charge in [0.2, 0.25) is 11.8 Å². The minimum Gasteiger partial charge on any atom is -0.494 e. The monoisotopic (exact) mass is 496 g/mol. The van der Waals surface area contributed by atoms with Crippen LogP contribution in [0.25, 0.3) is 0 Å². The summed E-state index contributed by atoms with van der Waals surface area (Å²) in [6, 6.07) is 6.07. The second-order valence-electron chi connectivity index (χ2n) is 8.31. The van der Waals surface area contributed by atoms with E-state index in [1.807, 2.05) is 0 Å². The molecule has 0 unspecified atom stereocenters. The Kier molecular flexibility index (Phi) is 6.88. The van der Waals surface area contributed by atoms with E-state index in [4.69, 9.17) is 16.3 Å². The van der Waals surface area contributed by atoms with Crippen molar-refractivity contribution in [3.8, 4) is 5.75 Å². The van der Waals surface area contributed by atoms with Crippen molar-refractivity contribution in [2.75, 3.05) is 41.9 Å². The van der Waals surface area contributed by atoms with Crippen LogP contribution in [0.2, 0.25) is 5.02 Å². The van der Waals surface area contributed by atoms with Crippen LogP contribution < -0.4 is 19.9 Å². The van der Waals surface area contributed by atoms with Crippen molar-refractivity contribution < 1.29 is 27.5 Å². The Labute approximate surface area is 199 Å². The molecule has 0 aliphatic carbocycles. The largest absolute Gasteiger partial charge is 0.494 e. The Morgan fingerprint density at radius 3 is 2.53 bits per heavy atom. The van der Waals surface area contributed by atoms with E-state index in [0.717, 1.165) is 18.7 Å². The van der Waals surface area contributed by atoms with Crippen molar-refractivity contribution >= 4 is 40.6 Å². The quantitative estimate of drug-likeness (QED) is 0.647. The van der Waals surface area contributed by atoms with Crippen molar-refractivity contribution in [1.82, 2.24) is 4.98 Å². The van der Waals surface area contributed by atoms with Crippen LogP contribution in [0.15, 0.2) is 30.5 Å². The summed E-state index contributed by atoms with van der Waals surface area (Å²) in [6.07, 6.45) is -1.43. The standard InChI is InChI=1S/C23H24ClF3N4O3/c1-34-19-12-16(4-5-18(19)31-8-2-3-20(31)32)29-22(33)14-6-9-30(10-7-14)21-17(24)11-15(13-28-21)23(25,26)27/h4-5,11-14H,2-3,6-10H2,1H3,(H,29,33). The molecule has 1 aromatic heterocycles. The number of benzene rings is 1. The number of amides is 2. The van der Waals surface area contributed by atoms with E-state index in [1.165, 1.54) is 7.11 Å². The predicted octanol–water partition coefficient (Wildman–Crippen LogP) is 4.74. The highest BCUT2D eigenvalue weighted by Gasteiger charge is 2.33. The van der Waals surface area contributed by atoms with Gasteiger partial charge in [-0.15, -0.1) is 0 Å². The Morgan fingerprint density at radius 2 is 1.94 bits per heavy atom. The number of alkyl halides is 3. The molecule has 0 bridgehead atoms. The average molecular weight is 497 g/mol. The number of piperidine rings is 1. The van der Waals surface area contributed by atoms with Crippen LogP contribution in [0.5, 0.6) is 5.75 Å². The van der Waals surface area contributed by atoms with Gasteiger partial charge in [0.25, 0.3) is 0 Å². The number of hydrogen-bond donors (Lipinski definition) is 1. The topological polar surface area (TPSA) is 74.8 Å². The summed E-state index contributed by atoms with van der Waals surface area (Å²) >= 11 is 6.05. The SMILES string of the molecule is COc1cc(NC(=O)C2CCN(c3ncc(C(F)(F)F)cc3Cl)CC2)ccc1N1CCCC1=O. The van der Waals surface area contributed by atoms with Crippen molar-refractivity contribution in [2.45, 2.75) is 31.9 Å². The zero-order chi connectivity index (χ0) is 24.5. The van der Waals surface area contributed by atoms with Crippen LogP contribution in [-0.2, 0) is 15.8 Å². The van der Waals surface area contributed by atoms with Gasteiger partial charge in [-0.1, -0.05) is 11.6 Å². The van der Waals surface area contributed by atoms with E-state index in [9.17, 15) is 22.8 Å². The van der Waals surface area contributed by atoms with E-state index >= 15 is 0 Å². The number of ether oxygens (including phenoxy) is 1. The summed E-state index contributed by atoms with van der Waals surface area (Å²) in [5.41, 5.74) is 0.343. The maximum absolute atomic E-state index is 12.8. The van der Waals surface area contributed by atoms with Gasteiger partial charge in [-0.05, 0) is 37.5 Å². The number of nitrogens with one attached hydrogen (secondary N) is 1. The first-order valence-corrected chi connectivity index (χ1v) is 11.3. The van der Waals surface area contributed by atoms with Crippen molar-refractivity contribution in [1.29, 1.82) is 0 Å². The molecule has 3 heterocycles. The van der Waals surface area contributed by atoms with Gasteiger partial charge in [0.15, 0.2) is 0 Å². The van der Waals surface area contributed by atoms with Crippen LogP contribution in [0.3, 0.4) is 0 Å². The summed E-state index contributed by atoms with van der Waals surface area (Å²) in [5, 5.41) is 2.83. The Balaban J connectivity index is 1.37. The van der Waals surface area contributed by atoms with Crippen LogP contribution in [0, 0.1) is 5.92 Å². The summed E-state index contributed by atoms with van der Waals surface area (Å²) in [4.78, 5) is 32.3. The predicted molar refractivity (Wildman–Crippen MR) is 122 cm³/mol. The van der Waals surface area contributed by atoms with Crippen LogP contribution in [0.4, 0.5) is 30.4 Å². The van der Waals surface area contributed by atoms with Crippen LogP contribution in [0.1, 0.15) is 31.2 Å². The van der Waals surface area contributed by atoms with Gasteiger partial charge in [-0.2, -0.15) is 13.2 Å². The van der Waals surface area contributed by atoms with Gasteiger partial charge in [0.1, 0.15) is 11.6 Å². The van der Waals surface area contributed by atoms with E-state index in [2.05, 4.69) is 10.3 Å². The van der Waals surface area contributed by atoms with Crippen molar-refractivity contribution in [2.24, 2.45) is 5.92 Å². The third kappa shape index (κ3) is 5.06. The number of methoxy groups -OCH3 is 1. The van der Waals surface area contributed by atoms with Gasteiger partial charge in [-0.3, -0.25) is 9.59 Å². The molecule has 2 aliphatic heterocycles. The molecule has 2 amide bonds. The molecule has 0 saturated carbocycles. The zero-order valence-corrected chi connectivity index (χ0v) is 19.2. The molecule has 2 aliphatic rings. The lowest BCUT2D eigenvalue weighted by molar-refractivity contribution is -0.137. The fourth-order valence-corrected chi connectivity index (χ4v) is 4.58. The molecular formula is C23H24ClF3N4O3. The third-order valence-electron chi connectivity index (χ3n) is 6.13. The van der Waals surface area contributed by atoms with E-state index in [0.29, 0.717) is 56.0 Å². The number of halogens is 4. The van der Waals surface area contributed by atoms with E-state index in [-0.39, 0.29) is 28.6 Å². The summed E-state index contributed by atoms with van der Waals surface area (Å²) in [6.45, 7) is 1.52. The molecule has 2 saturated heterocycles. The fraction of sp³-hybridized carbons (Fsp3) is 0.435.